The van der Waals surface area contributed by atoms with E-state index in [-0.39, 0.29) is 18.2 Å². The Morgan fingerprint density at radius 1 is 1.23 bits per heavy atom. The van der Waals surface area contributed by atoms with Gasteiger partial charge in [-0.25, -0.2) is 4.39 Å². The molecule has 1 fully saturated rings. The summed E-state index contributed by atoms with van der Waals surface area (Å²) < 4.78 is 22.5. The second-order valence-electron chi connectivity index (χ2n) is 8.05. The van der Waals surface area contributed by atoms with E-state index in [4.69, 9.17) is 10.5 Å². The number of carbonyl (C=O) groups excluding carboxylic acids is 2. The van der Waals surface area contributed by atoms with Crippen LogP contribution in [-0.2, 0) is 22.2 Å². The predicted octanol–water partition coefficient (Wildman–Crippen LogP) is 3.25. The molecule has 5 rings (SSSR count). The molecular formula is C23H20FN3O3. The molecule has 0 spiro atoms. The third-order valence-corrected chi connectivity index (χ3v) is 5.90. The minimum Gasteiger partial charge on any atom is -0.476 e. The van der Waals surface area contributed by atoms with E-state index < -0.39 is 17.3 Å². The molecular weight excluding hydrogens is 385 g/mol. The van der Waals surface area contributed by atoms with Crippen LogP contribution >= 0.6 is 0 Å². The maximum absolute atomic E-state index is 14.2. The SMILES string of the molecule is Cn1cc(OC2(C)C=C(C3CC(=O)NC3=O)c3ccc(F)cc32)c2ccc(N)cc21. The van der Waals surface area contributed by atoms with Gasteiger partial charge in [0.15, 0.2) is 5.60 Å². The van der Waals surface area contributed by atoms with Gasteiger partial charge in [-0.2, -0.15) is 0 Å². The molecule has 1 aromatic heterocycles. The lowest BCUT2D eigenvalue weighted by molar-refractivity contribution is -0.125. The first-order chi connectivity index (χ1) is 14.2. The molecule has 3 aromatic rings. The van der Waals surface area contributed by atoms with Crippen LogP contribution in [0.25, 0.3) is 16.5 Å². The Morgan fingerprint density at radius 2 is 2.03 bits per heavy atom. The summed E-state index contributed by atoms with van der Waals surface area (Å²) in [5.41, 5.74) is 8.49. The van der Waals surface area contributed by atoms with E-state index in [0.29, 0.717) is 22.6 Å². The van der Waals surface area contributed by atoms with Crippen LogP contribution in [0.4, 0.5) is 10.1 Å². The zero-order chi connectivity index (χ0) is 21.2. The maximum atomic E-state index is 14.2. The lowest BCUT2D eigenvalue weighted by Crippen LogP contribution is -2.25. The second kappa shape index (κ2) is 6.19. The van der Waals surface area contributed by atoms with Crippen LogP contribution in [0.1, 0.15) is 24.5 Å². The monoisotopic (exact) mass is 405 g/mol. The van der Waals surface area contributed by atoms with Gasteiger partial charge in [0.2, 0.25) is 11.8 Å². The lowest BCUT2D eigenvalue weighted by atomic mass is 9.92. The third-order valence-electron chi connectivity index (χ3n) is 5.90. The number of nitrogen functional groups attached to an aromatic ring is 1. The van der Waals surface area contributed by atoms with Crippen molar-refractivity contribution >= 4 is 34.0 Å². The molecule has 152 valence electrons. The highest BCUT2D eigenvalue weighted by atomic mass is 19.1. The van der Waals surface area contributed by atoms with Gasteiger partial charge >= 0.3 is 0 Å². The van der Waals surface area contributed by atoms with Crippen molar-refractivity contribution in [3.8, 4) is 5.75 Å². The zero-order valence-corrected chi connectivity index (χ0v) is 16.5. The normalized spacial score (nSPS) is 22.9. The minimum absolute atomic E-state index is 0.0745. The molecule has 6 nitrogen and oxygen atoms in total. The number of imide groups is 1. The number of hydrogen-bond acceptors (Lipinski definition) is 4. The number of fused-ring (bicyclic) bond motifs is 2. The third kappa shape index (κ3) is 2.69. The minimum atomic E-state index is -1.01. The number of carbonyl (C=O) groups is 2. The molecule has 1 saturated heterocycles. The van der Waals surface area contributed by atoms with Gasteiger partial charge in [-0.3, -0.25) is 14.9 Å². The number of aromatic nitrogens is 1. The highest BCUT2D eigenvalue weighted by Crippen LogP contribution is 2.47. The van der Waals surface area contributed by atoms with E-state index in [0.717, 1.165) is 16.5 Å². The highest BCUT2D eigenvalue weighted by Gasteiger charge is 2.43. The molecule has 3 N–H and O–H groups in total. The summed E-state index contributed by atoms with van der Waals surface area (Å²) in [4.78, 5) is 24.1. The van der Waals surface area contributed by atoms with Gasteiger partial charge in [0, 0.05) is 36.3 Å². The zero-order valence-electron chi connectivity index (χ0n) is 16.5. The van der Waals surface area contributed by atoms with Gasteiger partial charge in [-0.15, -0.1) is 0 Å². The quantitative estimate of drug-likeness (QED) is 0.517. The Hall–Kier alpha value is -3.61. The summed E-state index contributed by atoms with van der Waals surface area (Å²) in [6, 6.07) is 9.98. The maximum Gasteiger partial charge on any atom is 0.234 e. The van der Waals surface area contributed by atoms with Gasteiger partial charge in [0.25, 0.3) is 0 Å². The molecule has 2 unspecified atom stereocenters. The summed E-state index contributed by atoms with van der Waals surface area (Å²) in [6.07, 6.45) is 3.76. The molecule has 0 bridgehead atoms. The fourth-order valence-corrected chi connectivity index (χ4v) is 4.48. The first-order valence-electron chi connectivity index (χ1n) is 9.65. The van der Waals surface area contributed by atoms with Gasteiger partial charge in [0.05, 0.1) is 11.4 Å². The van der Waals surface area contributed by atoms with Crippen molar-refractivity contribution in [2.75, 3.05) is 5.73 Å². The number of rotatable bonds is 3. The molecule has 2 heterocycles. The largest absolute Gasteiger partial charge is 0.476 e. The number of hydrogen-bond donors (Lipinski definition) is 2. The molecule has 1 aliphatic heterocycles. The molecule has 2 aromatic carbocycles. The van der Waals surface area contributed by atoms with Crippen LogP contribution in [0, 0.1) is 11.7 Å². The van der Waals surface area contributed by atoms with Gasteiger partial charge < -0.3 is 15.0 Å². The van der Waals surface area contributed by atoms with Crippen LogP contribution in [-0.4, -0.2) is 16.4 Å². The van der Waals surface area contributed by atoms with Crippen LogP contribution in [0.5, 0.6) is 5.75 Å². The van der Waals surface area contributed by atoms with Crippen molar-refractivity contribution in [1.29, 1.82) is 0 Å². The smallest absolute Gasteiger partial charge is 0.234 e. The van der Waals surface area contributed by atoms with Crippen molar-refractivity contribution in [3.05, 3.63) is 65.6 Å². The standard InChI is InChI=1S/C23H20FN3O3/c1-23(30-20-11-27(2)19-8-13(25)4-6-15(19)20)10-17(16-9-21(28)26-22(16)29)14-5-3-12(24)7-18(14)23/h3-8,10-11,16H,9,25H2,1-2H3,(H,26,28,29). The average molecular weight is 405 g/mol. The predicted molar refractivity (Wildman–Crippen MR) is 111 cm³/mol. The number of nitrogens with two attached hydrogens (primary N) is 1. The van der Waals surface area contributed by atoms with Crippen LogP contribution in [0.3, 0.4) is 0 Å². The van der Waals surface area contributed by atoms with Crippen molar-refractivity contribution in [1.82, 2.24) is 9.88 Å². The Labute approximate surface area is 172 Å². The molecule has 30 heavy (non-hydrogen) atoms. The highest BCUT2D eigenvalue weighted by molar-refractivity contribution is 6.09. The summed E-state index contributed by atoms with van der Waals surface area (Å²) >= 11 is 0. The molecule has 2 aliphatic rings. The number of halogens is 1. The second-order valence-corrected chi connectivity index (χ2v) is 8.05. The fraction of sp³-hybridized carbons (Fsp3) is 0.217. The summed E-state index contributed by atoms with van der Waals surface area (Å²) in [5, 5.41) is 3.22. The number of benzene rings is 2. The fourth-order valence-electron chi connectivity index (χ4n) is 4.48. The number of amides is 2. The topological polar surface area (TPSA) is 86.3 Å². The Morgan fingerprint density at radius 3 is 2.77 bits per heavy atom. The van der Waals surface area contributed by atoms with Gasteiger partial charge in [-0.05, 0) is 54.5 Å². The van der Waals surface area contributed by atoms with E-state index in [2.05, 4.69) is 5.32 Å². The van der Waals surface area contributed by atoms with E-state index >= 15 is 0 Å². The van der Waals surface area contributed by atoms with Crippen LogP contribution in [0.15, 0.2) is 48.7 Å². The first-order valence-corrected chi connectivity index (χ1v) is 9.65. The molecule has 2 amide bonds. The number of aryl methyl sites for hydroxylation is 1. The Kier molecular flexibility index (Phi) is 3.80. The molecule has 2 atom stereocenters. The van der Waals surface area contributed by atoms with E-state index in [1.165, 1.54) is 12.1 Å². The summed E-state index contributed by atoms with van der Waals surface area (Å²) in [6.45, 7) is 1.84. The molecule has 0 saturated carbocycles. The lowest BCUT2D eigenvalue weighted by Gasteiger charge is -2.25. The van der Waals surface area contributed by atoms with Crippen molar-refractivity contribution < 1.29 is 18.7 Å². The van der Waals surface area contributed by atoms with Crippen molar-refractivity contribution in [2.45, 2.75) is 18.9 Å². The van der Waals surface area contributed by atoms with E-state index in [9.17, 15) is 14.0 Å². The van der Waals surface area contributed by atoms with E-state index in [1.54, 1.807) is 12.1 Å². The average Bonchev–Trinajstić information content (AvgIpc) is 3.27. The van der Waals surface area contributed by atoms with Crippen molar-refractivity contribution in [3.63, 3.8) is 0 Å². The molecule has 1 aliphatic carbocycles. The molecule has 7 heteroatoms. The summed E-state index contributed by atoms with van der Waals surface area (Å²) in [5.74, 6) is -1.04. The molecule has 0 radical (unpaired) electrons. The van der Waals surface area contributed by atoms with Gasteiger partial charge in [0.1, 0.15) is 11.6 Å². The van der Waals surface area contributed by atoms with Crippen molar-refractivity contribution in [2.24, 2.45) is 13.0 Å². The van der Waals surface area contributed by atoms with E-state index in [1.807, 2.05) is 42.9 Å². The van der Waals surface area contributed by atoms with Gasteiger partial charge in [-0.1, -0.05) is 6.07 Å². The Bertz CT molecular complexity index is 1280. The summed E-state index contributed by atoms with van der Waals surface area (Å²) in [7, 11) is 1.90. The van der Waals surface area contributed by atoms with Crippen LogP contribution < -0.4 is 15.8 Å². The number of anilines is 1. The Balaban J connectivity index is 1.63. The number of nitrogens with one attached hydrogen (secondary N) is 1. The number of nitrogens with zero attached hydrogens (tertiary/aromatic N) is 1. The first kappa shape index (κ1) is 18.4. The van der Waals surface area contributed by atoms with Crippen LogP contribution in [0.2, 0.25) is 0 Å². The number of ether oxygens (including phenoxy) is 1.